The van der Waals surface area contributed by atoms with Crippen molar-refractivity contribution in [3.05, 3.63) is 66.2 Å². The van der Waals surface area contributed by atoms with Crippen LogP contribution in [-0.2, 0) is 13.0 Å². The van der Waals surface area contributed by atoms with Crippen molar-refractivity contribution < 1.29 is 9.47 Å². The zero-order valence-corrected chi connectivity index (χ0v) is 19.0. The minimum atomic E-state index is 0.431. The van der Waals surface area contributed by atoms with Crippen molar-refractivity contribution in [3.8, 4) is 17.2 Å². The molecule has 0 aliphatic rings. The second-order valence-electron chi connectivity index (χ2n) is 7.10. The molecule has 3 aromatic rings. The fourth-order valence-corrected chi connectivity index (χ4v) is 3.31. The lowest BCUT2D eigenvalue weighted by atomic mass is 10.1. The highest BCUT2D eigenvalue weighted by Gasteiger charge is 2.07. The summed E-state index contributed by atoms with van der Waals surface area (Å²) in [4.78, 5) is 4.68. The molecule has 0 saturated heterocycles. The van der Waals surface area contributed by atoms with E-state index in [1.807, 2.05) is 47.9 Å². The van der Waals surface area contributed by atoms with Crippen LogP contribution in [0.2, 0.25) is 0 Å². The molecule has 0 bridgehead atoms. The lowest BCUT2D eigenvalue weighted by Gasteiger charge is -2.13. The molecular formula is C24H32N6O2. The first kappa shape index (κ1) is 23.1. The minimum Gasteiger partial charge on any atom is -0.493 e. The van der Waals surface area contributed by atoms with Crippen molar-refractivity contribution in [2.75, 3.05) is 26.8 Å². The smallest absolute Gasteiger partial charge is 0.191 e. The van der Waals surface area contributed by atoms with Gasteiger partial charge in [-0.25, -0.2) is 4.99 Å². The van der Waals surface area contributed by atoms with Gasteiger partial charge in [0.15, 0.2) is 23.3 Å². The van der Waals surface area contributed by atoms with E-state index in [9.17, 15) is 0 Å². The van der Waals surface area contributed by atoms with Crippen LogP contribution in [0.3, 0.4) is 0 Å². The number of ether oxygens (including phenoxy) is 2. The summed E-state index contributed by atoms with van der Waals surface area (Å²) >= 11 is 0. The molecule has 2 N–H and O–H groups in total. The van der Waals surface area contributed by atoms with Gasteiger partial charge < -0.3 is 20.1 Å². The lowest BCUT2D eigenvalue weighted by molar-refractivity contribution is 0.310. The molecule has 0 aliphatic heterocycles. The minimum absolute atomic E-state index is 0.431. The summed E-state index contributed by atoms with van der Waals surface area (Å²) < 4.78 is 13.0. The molecule has 2 aromatic carbocycles. The van der Waals surface area contributed by atoms with Gasteiger partial charge in [0, 0.05) is 18.8 Å². The van der Waals surface area contributed by atoms with E-state index in [1.165, 1.54) is 5.56 Å². The molecule has 8 heteroatoms. The maximum atomic E-state index is 5.67. The number of nitrogens with zero attached hydrogens (tertiary/aromatic N) is 4. The zero-order chi connectivity index (χ0) is 22.6. The molecular weight excluding hydrogens is 404 g/mol. The first-order chi connectivity index (χ1) is 15.7. The van der Waals surface area contributed by atoms with E-state index < -0.39 is 0 Å². The molecule has 0 amide bonds. The van der Waals surface area contributed by atoms with Crippen LogP contribution in [0.5, 0.6) is 11.5 Å². The highest BCUT2D eigenvalue weighted by Crippen LogP contribution is 2.28. The fraction of sp³-hybridized carbons (Fsp3) is 0.375. The Morgan fingerprint density at radius 1 is 1.06 bits per heavy atom. The summed E-state index contributed by atoms with van der Waals surface area (Å²) in [6.45, 7) is 6.65. The van der Waals surface area contributed by atoms with Gasteiger partial charge in [0.05, 0.1) is 13.7 Å². The molecule has 32 heavy (non-hydrogen) atoms. The van der Waals surface area contributed by atoms with Crippen molar-refractivity contribution in [1.29, 1.82) is 0 Å². The van der Waals surface area contributed by atoms with Crippen molar-refractivity contribution in [1.82, 2.24) is 25.4 Å². The third-order valence-electron chi connectivity index (χ3n) is 4.84. The molecule has 0 atom stereocenters. The van der Waals surface area contributed by atoms with Crippen LogP contribution < -0.4 is 20.1 Å². The van der Waals surface area contributed by atoms with E-state index in [4.69, 9.17) is 9.47 Å². The summed E-state index contributed by atoms with van der Waals surface area (Å²) in [6.07, 6.45) is 3.60. The molecule has 1 heterocycles. The van der Waals surface area contributed by atoms with E-state index in [2.05, 4.69) is 44.9 Å². The maximum Gasteiger partial charge on any atom is 0.191 e. The topological polar surface area (TPSA) is 85.6 Å². The highest BCUT2D eigenvalue weighted by atomic mass is 16.5. The largest absolute Gasteiger partial charge is 0.493 e. The fourth-order valence-electron chi connectivity index (χ4n) is 3.31. The number of benzene rings is 2. The summed E-state index contributed by atoms with van der Waals surface area (Å²) in [6, 6.07) is 16.1. The highest BCUT2D eigenvalue weighted by molar-refractivity contribution is 5.79. The zero-order valence-electron chi connectivity index (χ0n) is 19.0. The number of hydrogen-bond donors (Lipinski definition) is 2. The number of rotatable bonds is 11. The summed E-state index contributed by atoms with van der Waals surface area (Å²) in [7, 11) is 1.66. The number of aliphatic imine (C=N–C) groups is 1. The number of guanidine groups is 1. The van der Waals surface area contributed by atoms with Gasteiger partial charge >= 0.3 is 0 Å². The van der Waals surface area contributed by atoms with E-state index >= 15 is 0 Å². The van der Waals surface area contributed by atoms with Crippen molar-refractivity contribution in [2.24, 2.45) is 4.99 Å². The van der Waals surface area contributed by atoms with Gasteiger partial charge in [-0.2, -0.15) is 0 Å². The molecule has 0 radical (unpaired) electrons. The SMILES string of the molecule is CCNC(=NCc1nncn1-c1ccccc1)NCCCc1ccc(OC)c(OCC)c1. The molecule has 0 fully saturated rings. The van der Waals surface area contributed by atoms with Crippen LogP contribution in [0.4, 0.5) is 0 Å². The Balaban J connectivity index is 1.55. The molecule has 0 aliphatic carbocycles. The van der Waals surface area contributed by atoms with Crippen molar-refractivity contribution in [2.45, 2.75) is 33.2 Å². The van der Waals surface area contributed by atoms with Crippen LogP contribution in [0.1, 0.15) is 31.7 Å². The predicted octanol–water partition coefficient (Wildman–Crippen LogP) is 3.36. The second kappa shape index (κ2) is 12.3. The normalized spacial score (nSPS) is 11.3. The van der Waals surface area contributed by atoms with Crippen LogP contribution in [-0.4, -0.2) is 47.5 Å². The van der Waals surface area contributed by atoms with E-state index in [0.29, 0.717) is 13.2 Å². The Morgan fingerprint density at radius 2 is 1.91 bits per heavy atom. The maximum absolute atomic E-state index is 5.67. The van der Waals surface area contributed by atoms with Gasteiger partial charge in [-0.05, 0) is 56.5 Å². The molecule has 170 valence electrons. The van der Waals surface area contributed by atoms with Crippen LogP contribution in [0.25, 0.3) is 5.69 Å². The van der Waals surface area contributed by atoms with E-state index in [0.717, 1.165) is 54.9 Å². The predicted molar refractivity (Wildman–Crippen MR) is 127 cm³/mol. The van der Waals surface area contributed by atoms with Crippen molar-refractivity contribution in [3.63, 3.8) is 0 Å². The molecule has 3 rings (SSSR count). The van der Waals surface area contributed by atoms with Crippen LogP contribution in [0, 0.1) is 0 Å². The van der Waals surface area contributed by atoms with Gasteiger partial charge in [-0.3, -0.25) is 4.57 Å². The van der Waals surface area contributed by atoms with Crippen LogP contribution in [0.15, 0.2) is 59.9 Å². The Kier molecular flexibility index (Phi) is 8.92. The number of nitrogens with one attached hydrogen (secondary N) is 2. The molecule has 8 nitrogen and oxygen atoms in total. The summed E-state index contributed by atoms with van der Waals surface area (Å²) in [5.74, 6) is 3.10. The Morgan fingerprint density at radius 3 is 2.66 bits per heavy atom. The van der Waals surface area contributed by atoms with Crippen LogP contribution >= 0.6 is 0 Å². The first-order valence-corrected chi connectivity index (χ1v) is 11.0. The molecule has 0 unspecified atom stereocenters. The molecule has 1 aromatic heterocycles. The quantitative estimate of drug-likeness (QED) is 0.272. The lowest BCUT2D eigenvalue weighted by Crippen LogP contribution is -2.38. The molecule has 0 spiro atoms. The van der Waals surface area contributed by atoms with Gasteiger partial charge in [-0.15, -0.1) is 10.2 Å². The third-order valence-corrected chi connectivity index (χ3v) is 4.84. The van der Waals surface area contributed by atoms with E-state index in [-0.39, 0.29) is 0 Å². The number of aromatic nitrogens is 3. The van der Waals surface area contributed by atoms with Crippen molar-refractivity contribution >= 4 is 5.96 Å². The average molecular weight is 437 g/mol. The first-order valence-electron chi connectivity index (χ1n) is 11.0. The third kappa shape index (κ3) is 6.47. The summed E-state index contributed by atoms with van der Waals surface area (Å²) in [5.41, 5.74) is 2.24. The number of hydrogen-bond acceptors (Lipinski definition) is 5. The standard InChI is InChI=1S/C24H32N6O2/c1-4-25-24(27-17-23-29-28-18-30(23)20-11-7-6-8-12-20)26-15-9-10-19-13-14-21(31-3)22(16-19)32-5-2/h6-8,11-14,16,18H,4-5,9-10,15,17H2,1-3H3,(H2,25,26,27). The number of para-hydroxylation sites is 1. The van der Waals surface area contributed by atoms with E-state index in [1.54, 1.807) is 13.4 Å². The molecule has 0 saturated carbocycles. The Hall–Kier alpha value is -3.55. The van der Waals surface area contributed by atoms with Gasteiger partial charge in [0.1, 0.15) is 12.9 Å². The number of methoxy groups -OCH3 is 1. The number of aryl methyl sites for hydroxylation is 1. The Bertz CT molecular complexity index is 987. The average Bonchev–Trinajstić information content (AvgIpc) is 3.30. The summed E-state index contributed by atoms with van der Waals surface area (Å²) in [5, 5.41) is 15.0. The van der Waals surface area contributed by atoms with Gasteiger partial charge in [-0.1, -0.05) is 24.3 Å². The monoisotopic (exact) mass is 436 g/mol. The van der Waals surface area contributed by atoms with Gasteiger partial charge in [0.25, 0.3) is 0 Å². The second-order valence-corrected chi connectivity index (χ2v) is 7.10. The Labute approximate surface area is 189 Å². The van der Waals surface area contributed by atoms with Gasteiger partial charge in [0.2, 0.25) is 0 Å².